The lowest BCUT2D eigenvalue weighted by molar-refractivity contribution is -0.205. The van der Waals surface area contributed by atoms with Gasteiger partial charge in [-0.05, 0) is 54.7 Å². The van der Waals surface area contributed by atoms with Gasteiger partial charge < -0.3 is 10.4 Å². The Morgan fingerprint density at radius 1 is 1.09 bits per heavy atom. The van der Waals surface area contributed by atoms with Crippen molar-refractivity contribution < 1.29 is 49.5 Å². The molecule has 2 amide bonds. The number of rotatable bonds is 14. The maximum atomic E-state index is 13.2. The largest absolute Gasteiger partial charge is 0.416 e. The third kappa shape index (κ3) is 12.2. The Morgan fingerprint density at radius 3 is 2.26 bits per heavy atom. The molecule has 0 fully saturated rings. The Kier molecular flexibility index (Phi) is 12.6. The molecule has 238 valence electrons. The molecule has 0 aliphatic carbocycles. The fourth-order valence-corrected chi connectivity index (χ4v) is 5.06. The van der Waals surface area contributed by atoms with E-state index in [-0.39, 0.29) is 30.5 Å². The number of benzene rings is 2. The van der Waals surface area contributed by atoms with Crippen molar-refractivity contribution in [1.82, 2.24) is 10.3 Å². The number of nitrogens with zero attached hydrogens (tertiary/aromatic N) is 2. The van der Waals surface area contributed by atoms with Gasteiger partial charge >= 0.3 is 12.4 Å². The van der Waals surface area contributed by atoms with E-state index in [2.05, 4.69) is 10.4 Å². The van der Waals surface area contributed by atoms with Crippen LogP contribution in [0.2, 0.25) is 5.02 Å². The quantitative estimate of drug-likeness (QED) is 0.126. The number of aliphatic hydroxyl groups is 1. The predicted octanol–water partition coefficient (Wildman–Crippen LogP) is 5.15. The molecule has 2 aromatic carbocycles. The van der Waals surface area contributed by atoms with Crippen LogP contribution in [-0.4, -0.2) is 67.4 Å². The first-order valence-corrected chi connectivity index (χ1v) is 15.2. The van der Waals surface area contributed by atoms with Gasteiger partial charge in [-0.15, -0.1) is 0 Å². The van der Waals surface area contributed by atoms with Gasteiger partial charge in [0.25, 0.3) is 0 Å². The van der Waals surface area contributed by atoms with Gasteiger partial charge in [0.2, 0.25) is 12.3 Å². The Balaban J connectivity index is 2.31. The molecular weight excluding hydrogens is 628 g/mol. The highest BCUT2D eigenvalue weighted by Crippen LogP contribution is 2.31. The van der Waals surface area contributed by atoms with E-state index in [1.54, 1.807) is 19.1 Å². The molecule has 8 nitrogen and oxygen atoms in total. The molecule has 0 bridgehead atoms. The minimum Gasteiger partial charge on any atom is -0.384 e. The fraction of sp³-hybridized carbons (Fsp3) is 0.444. The van der Waals surface area contributed by atoms with Gasteiger partial charge in [-0.2, -0.15) is 31.4 Å². The Labute approximate surface area is 249 Å². The summed E-state index contributed by atoms with van der Waals surface area (Å²) in [4.78, 5) is 24.8. The second kappa shape index (κ2) is 15.0. The molecule has 0 aromatic heterocycles. The SMILES string of the molecule is CC(CCCC(O)C(F)(F)F)C(=NN(C=O)CC(=O)NC(CS(C)(=O)=O)c1cccc(C(F)(F)F)c1)c1ccc(Cl)cc1. The van der Waals surface area contributed by atoms with Gasteiger partial charge in [0, 0.05) is 17.2 Å². The molecule has 0 saturated heterocycles. The third-order valence-corrected chi connectivity index (χ3v) is 7.37. The van der Waals surface area contributed by atoms with E-state index in [1.807, 2.05) is 0 Å². The molecular formula is C27H30ClF6N3O5S. The predicted molar refractivity (Wildman–Crippen MR) is 148 cm³/mol. The molecule has 2 aromatic rings. The summed E-state index contributed by atoms with van der Waals surface area (Å²) in [6, 6.07) is 8.49. The molecule has 3 unspecified atom stereocenters. The van der Waals surface area contributed by atoms with Crippen LogP contribution in [0.25, 0.3) is 0 Å². The summed E-state index contributed by atoms with van der Waals surface area (Å²) in [5, 5.41) is 16.9. The zero-order valence-electron chi connectivity index (χ0n) is 23.0. The Bertz CT molecular complexity index is 1380. The van der Waals surface area contributed by atoms with E-state index in [0.717, 1.165) is 18.4 Å². The first-order valence-electron chi connectivity index (χ1n) is 12.8. The minimum atomic E-state index is -4.78. The Morgan fingerprint density at radius 2 is 1.72 bits per heavy atom. The van der Waals surface area contributed by atoms with Gasteiger partial charge in [0.1, 0.15) is 22.5 Å². The second-order valence-electron chi connectivity index (χ2n) is 9.92. The third-order valence-electron chi connectivity index (χ3n) is 6.18. The highest BCUT2D eigenvalue weighted by atomic mass is 35.5. The molecule has 0 radical (unpaired) electrons. The normalized spacial score (nSPS) is 15.0. The lowest BCUT2D eigenvalue weighted by atomic mass is 9.93. The van der Waals surface area contributed by atoms with Crippen molar-refractivity contribution in [2.45, 2.75) is 50.7 Å². The van der Waals surface area contributed by atoms with Crippen LogP contribution in [0.5, 0.6) is 0 Å². The molecule has 0 aliphatic heterocycles. The number of amides is 2. The van der Waals surface area contributed by atoms with Crippen LogP contribution in [0.1, 0.15) is 48.9 Å². The van der Waals surface area contributed by atoms with Crippen molar-refractivity contribution in [3.8, 4) is 0 Å². The summed E-state index contributed by atoms with van der Waals surface area (Å²) in [5.41, 5.74) is -0.560. The van der Waals surface area contributed by atoms with E-state index >= 15 is 0 Å². The Hall–Kier alpha value is -3.17. The smallest absolute Gasteiger partial charge is 0.384 e. The number of sulfone groups is 1. The van der Waals surface area contributed by atoms with Gasteiger partial charge in [0.05, 0.1) is 23.1 Å². The van der Waals surface area contributed by atoms with E-state index < -0.39 is 70.4 Å². The summed E-state index contributed by atoms with van der Waals surface area (Å²) in [6.07, 6.45) is -11.5. The number of carbonyl (C=O) groups is 2. The monoisotopic (exact) mass is 657 g/mol. The highest BCUT2D eigenvalue weighted by molar-refractivity contribution is 7.90. The van der Waals surface area contributed by atoms with Gasteiger partial charge in [-0.3, -0.25) is 9.59 Å². The molecule has 2 N–H and O–H groups in total. The molecule has 3 atom stereocenters. The number of alkyl halides is 6. The number of hydrogen-bond donors (Lipinski definition) is 2. The number of halogens is 7. The van der Waals surface area contributed by atoms with E-state index in [0.29, 0.717) is 21.7 Å². The van der Waals surface area contributed by atoms with Crippen LogP contribution in [-0.2, 0) is 25.6 Å². The summed E-state index contributed by atoms with van der Waals surface area (Å²) in [6.45, 7) is 0.853. The van der Waals surface area contributed by atoms with Crippen molar-refractivity contribution in [1.29, 1.82) is 0 Å². The maximum absolute atomic E-state index is 13.2. The number of nitrogens with one attached hydrogen (secondary N) is 1. The summed E-state index contributed by atoms with van der Waals surface area (Å²) in [5.74, 6) is -2.25. The molecule has 0 heterocycles. The highest BCUT2D eigenvalue weighted by Gasteiger charge is 2.37. The molecule has 0 saturated carbocycles. The van der Waals surface area contributed by atoms with Crippen LogP contribution < -0.4 is 5.32 Å². The molecule has 43 heavy (non-hydrogen) atoms. The van der Waals surface area contributed by atoms with Crippen molar-refractivity contribution in [2.75, 3.05) is 18.6 Å². The van der Waals surface area contributed by atoms with Crippen molar-refractivity contribution in [3.05, 3.63) is 70.2 Å². The minimum absolute atomic E-state index is 0.0554. The zero-order chi connectivity index (χ0) is 32.6. The van der Waals surface area contributed by atoms with Crippen LogP contribution in [0.15, 0.2) is 53.6 Å². The average Bonchev–Trinajstić information content (AvgIpc) is 2.89. The van der Waals surface area contributed by atoms with Crippen molar-refractivity contribution in [3.63, 3.8) is 0 Å². The number of aliphatic hydroxyl groups excluding tert-OH is 1. The summed E-state index contributed by atoms with van der Waals surface area (Å²) in [7, 11) is -3.80. The summed E-state index contributed by atoms with van der Waals surface area (Å²) < 4.78 is 102. The number of carbonyl (C=O) groups excluding carboxylic acids is 2. The van der Waals surface area contributed by atoms with Gasteiger partial charge in [-0.1, -0.05) is 42.8 Å². The van der Waals surface area contributed by atoms with Crippen LogP contribution in [0.4, 0.5) is 26.3 Å². The lowest BCUT2D eigenvalue weighted by Crippen LogP contribution is -2.39. The van der Waals surface area contributed by atoms with Crippen molar-refractivity contribution in [2.24, 2.45) is 11.0 Å². The first-order chi connectivity index (χ1) is 19.8. The van der Waals surface area contributed by atoms with Gasteiger partial charge in [0.15, 0.2) is 0 Å². The number of hydrazone groups is 1. The van der Waals surface area contributed by atoms with Crippen LogP contribution in [0, 0.1) is 5.92 Å². The lowest BCUT2D eigenvalue weighted by Gasteiger charge is -2.22. The van der Waals surface area contributed by atoms with E-state index in [1.165, 1.54) is 18.2 Å². The summed E-state index contributed by atoms with van der Waals surface area (Å²) >= 11 is 5.94. The first kappa shape index (κ1) is 36.0. The topological polar surface area (TPSA) is 116 Å². The van der Waals surface area contributed by atoms with Gasteiger partial charge in [-0.25, -0.2) is 13.4 Å². The van der Waals surface area contributed by atoms with Crippen molar-refractivity contribution >= 4 is 39.5 Å². The van der Waals surface area contributed by atoms with Crippen LogP contribution in [0.3, 0.4) is 0 Å². The van der Waals surface area contributed by atoms with Crippen LogP contribution >= 0.6 is 11.6 Å². The maximum Gasteiger partial charge on any atom is 0.416 e. The molecule has 0 aliphatic rings. The molecule has 0 spiro atoms. The molecule has 2 rings (SSSR count). The van der Waals surface area contributed by atoms with E-state index in [9.17, 15) is 49.5 Å². The number of hydrogen-bond acceptors (Lipinski definition) is 6. The molecule has 16 heteroatoms. The average molecular weight is 658 g/mol. The van der Waals surface area contributed by atoms with E-state index in [4.69, 9.17) is 11.6 Å². The fourth-order valence-electron chi connectivity index (χ4n) is 4.06. The zero-order valence-corrected chi connectivity index (χ0v) is 24.6. The second-order valence-corrected chi connectivity index (χ2v) is 12.5. The standard InChI is InChI=1S/C27H30ClF6N3O5S/c1-17(5-3-8-23(39)27(32,33)34)25(18-9-11-21(28)12-10-18)36-37(16-38)14-24(40)35-22(15-43(2,41)42)19-6-4-7-20(13-19)26(29,30)31/h4,6-7,9-13,16-17,22-23,39H,3,5,8,14-15H2,1-2H3,(H,35,40).